The minimum Gasteiger partial charge on any atom is -0.487 e. The second-order valence-corrected chi connectivity index (χ2v) is 6.95. The SMILES string of the molecule is CC(=O)NC1=NC(=O)/C(=C\c2ccc3c(c2)CC(C)(C)O3)S1. The van der Waals surface area contributed by atoms with Crippen molar-refractivity contribution in [2.24, 2.45) is 4.99 Å². The molecule has 0 radical (unpaired) electrons. The van der Waals surface area contributed by atoms with Gasteiger partial charge < -0.3 is 10.1 Å². The summed E-state index contributed by atoms with van der Waals surface area (Å²) in [6, 6.07) is 5.87. The van der Waals surface area contributed by atoms with Gasteiger partial charge in [-0.3, -0.25) is 9.59 Å². The van der Waals surface area contributed by atoms with Gasteiger partial charge in [0.25, 0.3) is 5.91 Å². The lowest BCUT2D eigenvalue weighted by Gasteiger charge is -2.16. The quantitative estimate of drug-likeness (QED) is 0.808. The zero-order valence-corrected chi connectivity index (χ0v) is 13.4. The van der Waals surface area contributed by atoms with Crippen molar-refractivity contribution in [2.45, 2.75) is 32.8 Å². The van der Waals surface area contributed by atoms with Gasteiger partial charge in [0.1, 0.15) is 11.4 Å². The van der Waals surface area contributed by atoms with Crippen LogP contribution in [0.3, 0.4) is 0 Å². The first-order valence-electron chi connectivity index (χ1n) is 6.94. The van der Waals surface area contributed by atoms with E-state index in [0.717, 1.165) is 23.3 Å². The standard InChI is InChI=1S/C16H16N2O3S/c1-9(19)17-15-18-14(20)13(22-15)7-10-4-5-12-11(6-10)8-16(2,3)21-12/h4-7H,8H2,1-3H3,(H,17,18,19,20)/b13-7+. The average molecular weight is 316 g/mol. The normalized spacial score (nSPS) is 20.6. The van der Waals surface area contributed by atoms with Gasteiger partial charge >= 0.3 is 0 Å². The Hall–Kier alpha value is -2.08. The van der Waals surface area contributed by atoms with Gasteiger partial charge in [-0.2, -0.15) is 4.99 Å². The van der Waals surface area contributed by atoms with Gasteiger partial charge in [0.15, 0.2) is 5.17 Å². The predicted molar refractivity (Wildman–Crippen MR) is 86.7 cm³/mol. The number of nitrogens with zero attached hydrogens (tertiary/aromatic N) is 1. The summed E-state index contributed by atoms with van der Waals surface area (Å²) in [4.78, 5) is 27.2. The van der Waals surface area contributed by atoms with Gasteiger partial charge in [-0.05, 0) is 54.9 Å². The molecule has 0 bridgehead atoms. The Kier molecular flexibility index (Phi) is 3.56. The minimum absolute atomic E-state index is 0.187. The van der Waals surface area contributed by atoms with E-state index in [-0.39, 0.29) is 17.4 Å². The smallest absolute Gasteiger partial charge is 0.286 e. The molecule has 0 saturated carbocycles. The van der Waals surface area contributed by atoms with Crippen LogP contribution in [-0.2, 0) is 16.0 Å². The van der Waals surface area contributed by atoms with Crippen molar-refractivity contribution < 1.29 is 14.3 Å². The van der Waals surface area contributed by atoms with E-state index < -0.39 is 0 Å². The highest BCUT2D eigenvalue weighted by molar-refractivity contribution is 8.18. The van der Waals surface area contributed by atoms with Crippen LogP contribution in [0.4, 0.5) is 0 Å². The third kappa shape index (κ3) is 3.06. The molecule has 0 aliphatic carbocycles. The molecule has 0 fully saturated rings. The summed E-state index contributed by atoms with van der Waals surface area (Å²) < 4.78 is 5.84. The summed E-state index contributed by atoms with van der Waals surface area (Å²) in [5.41, 5.74) is 1.88. The number of hydrogen-bond donors (Lipinski definition) is 1. The van der Waals surface area contributed by atoms with Crippen molar-refractivity contribution in [3.63, 3.8) is 0 Å². The Morgan fingerprint density at radius 2 is 2.23 bits per heavy atom. The fraction of sp³-hybridized carbons (Fsp3) is 0.312. The molecule has 0 unspecified atom stereocenters. The maximum absolute atomic E-state index is 11.9. The molecule has 2 amide bonds. The summed E-state index contributed by atoms with van der Waals surface area (Å²) in [6.07, 6.45) is 2.63. The summed E-state index contributed by atoms with van der Waals surface area (Å²) in [5, 5.41) is 2.86. The van der Waals surface area contributed by atoms with Crippen molar-refractivity contribution in [3.05, 3.63) is 34.2 Å². The van der Waals surface area contributed by atoms with Crippen molar-refractivity contribution in [1.29, 1.82) is 0 Å². The summed E-state index contributed by atoms with van der Waals surface area (Å²) in [6.45, 7) is 5.49. The van der Waals surface area contributed by atoms with Gasteiger partial charge in [0.2, 0.25) is 5.91 Å². The maximum atomic E-state index is 11.9. The molecule has 0 aromatic heterocycles. The molecule has 0 atom stereocenters. The van der Waals surface area contributed by atoms with Crippen molar-refractivity contribution >= 4 is 34.8 Å². The van der Waals surface area contributed by atoms with E-state index in [1.807, 2.05) is 18.2 Å². The number of benzene rings is 1. The van der Waals surface area contributed by atoms with Crippen LogP contribution in [-0.4, -0.2) is 22.6 Å². The molecule has 2 aliphatic heterocycles. The highest BCUT2D eigenvalue weighted by Gasteiger charge is 2.30. The summed E-state index contributed by atoms with van der Waals surface area (Å²) in [5.74, 6) is 0.329. The van der Waals surface area contributed by atoms with Crippen molar-refractivity contribution in [1.82, 2.24) is 5.32 Å². The van der Waals surface area contributed by atoms with Crippen LogP contribution in [0.15, 0.2) is 28.1 Å². The number of nitrogens with one attached hydrogen (secondary N) is 1. The molecule has 2 aliphatic rings. The highest BCUT2D eigenvalue weighted by atomic mass is 32.2. The first-order valence-corrected chi connectivity index (χ1v) is 7.76. The van der Waals surface area contributed by atoms with E-state index in [2.05, 4.69) is 24.2 Å². The number of carbonyl (C=O) groups excluding carboxylic acids is 2. The lowest BCUT2D eigenvalue weighted by molar-refractivity contribution is -0.117. The molecule has 1 aromatic carbocycles. The average Bonchev–Trinajstić information content (AvgIpc) is 2.86. The van der Waals surface area contributed by atoms with Gasteiger partial charge in [-0.1, -0.05) is 6.07 Å². The minimum atomic E-state index is -0.328. The Balaban J connectivity index is 1.80. The van der Waals surface area contributed by atoms with Crippen LogP contribution in [0.2, 0.25) is 0 Å². The number of rotatable bonds is 1. The molecule has 0 saturated heterocycles. The Labute approximate surface area is 132 Å². The number of thioether (sulfide) groups is 1. The zero-order chi connectivity index (χ0) is 15.9. The molecule has 0 spiro atoms. The number of hydrogen-bond acceptors (Lipinski definition) is 4. The van der Waals surface area contributed by atoms with E-state index in [0.29, 0.717) is 10.1 Å². The predicted octanol–water partition coefficient (Wildman–Crippen LogP) is 2.51. The molecule has 1 aromatic rings. The zero-order valence-electron chi connectivity index (χ0n) is 12.6. The number of ether oxygens (including phenoxy) is 1. The molecular weight excluding hydrogens is 300 g/mol. The summed E-state index contributed by atoms with van der Waals surface area (Å²) in [7, 11) is 0. The number of amides is 2. The lowest BCUT2D eigenvalue weighted by atomic mass is 10.00. The van der Waals surface area contributed by atoms with Gasteiger partial charge in [-0.25, -0.2) is 0 Å². The number of fused-ring (bicyclic) bond motifs is 1. The topological polar surface area (TPSA) is 67.8 Å². The fourth-order valence-corrected chi connectivity index (χ4v) is 3.34. The number of carbonyl (C=O) groups is 2. The van der Waals surface area contributed by atoms with E-state index in [4.69, 9.17) is 4.74 Å². The van der Waals surface area contributed by atoms with Gasteiger partial charge in [0.05, 0.1) is 4.91 Å². The molecule has 1 N–H and O–H groups in total. The molecule has 2 heterocycles. The van der Waals surface area contributed by atoms with Crippen LogP contribution >= 0.6 is 11.8 Å². The van der Waals surface area contributed by atoms with Crippen LogP contribution < -0.4 is 10.1 Å². The van der Waals surface area contributed by atoms with Crippen molar-refractivity contribution in [3.8, 4) is 5.75 Å². The first-order chi connectivity index (χ1) is 10.3. The third-order valence-electron chi connectivity index (χ3n) is 3.29. The Morgan fingerprint density at radius 1 is 1.45 bits per heavy atom. The maximum Gasteiger partial charge on any atom is 0.286 e. The molecule has 3 rings (SSSR count). The fourth-order valence-electron chi connectivity index (χ4n) is 2.48. The Morgan fingerprint density at radius 3 is 2.95 bits per heavy atom. The third-order valence-corrected chi connectivity index (χ3v) is 4.19. The highest BCUT2D eigenvalue weighted by Crippen LogP contribution is 2.36. The second-order valence-electron chi connectivity index (χ2n) is 5.92. The van der Waals surface area contributed by atoms with E-state index >= 15 is 0 Å². The van der Waals surface area contributed by atoms with E-state index in [1.165, 1.54) is 18.7 Å². The molecular formula is C16H16N2O3S. The summed E-state index contributed by atoms with van der Waals surface area (Å²) >= 11 is 1.17. The second kappa shape index (κ2) is 5.28. The molecule has 114 valence electrons. The monoisotopic (exact) mass is 316 g/mol. The molecule has 22 heavy (non-hydrogen) atoms. The van der Waals surface area contributed by atoms with Crippen LogP contribution in [0.1, 0.15) is 31.9 Å². The Bertz CT molecular complexity index is 735. The van der Waals surface area contributed by atoms with Crippen LogP contribution in [0.5, 0.6) is 5.75 Å². The number of aliphatic imine (C=N–C) groups is 1. The van der Waals surface area contributed by atoms with Gasteiger partial charge in [0, 0.05) is 13.3 Å². The largest absolute Gasteiger partial charge is 0.487 e. The van der Waals surface area contributed by atoms with Gasteiger partial charge in [-0.15, -0.1) is 0 Å². The van der Waals surface area contributed by atoms with Crippen molar-refractivity contribution in [2.75, 3.05) is 0 Å². The number of amidine groups is 1. The van der Waals surface area contributed by atoms with E-state index in [9.17, 15) is 9.59 Å². The molecule has 5 nitrogen and oxygen atoms in total. The lowest BCUT2D eigenvalue weighted by Crippen LogP contribution is -2.24. The molecule has 6 heteroatoms. The van der Waals surface area contributed by atoms with Crippen LogP contribution in [0.25, 0.3) is 6.08 Å². The first kappa shape index (κ1) is 14.8. The van der Waals surface area contributed by atoms with E-state index in [1.54, 1.807) is 6.08 Å². The van der Waals surface area contributed by atoms with Crippen LogP contribution in [0, 0.1) is 0 Å².